The Balaban J connectivity index is 1.37. The number of halogens is 4. The van der Waals surface area contributed by atoms with Crippen LogP contribution >= 0.6 is 39.0 Å². The lowest BCUT2D eigenvalue weighted by molar-refractivity contribution is -0.384. The highest BCUT2D eigenvalue weighted by Gasteiger charge is 2.56. The molecule has 2 aliphatic rings. The summed E-state index contributed by atoms with van der Waals surface area (Å²) in [5, 5.41) is 12.8. The Morgan fingerprint density at radius 1 is 1.00 bits per heavy atom. The number of non-ortho nitro benzene ring substituents is 1. The van der Waals surface area contributed by atoms with Crippen molar-refractivity contribution >= 4 is 73.8 Å². The molecular weight excluding hydrogens is 701 g/mol. The van der Waals surface area contributed by atoms with E-state index >= 15 is 0 Å². The van der Waals surface area contributed by atoms with Crippen LogP contribution in [0.1, 0.15) is 21.9 Å². The van der Waals surface area contributed by atoms with Crippen molar-refractivity contribution in [3.63, 3.8) is 0 Å². The van der Waals surface area contributed by atoms with Gasteiger partial charge in [0.1, 0.15) is 11.8 Å². The number of fused-ring (bicyclic) bond motifs is 2. The molecule has 1 N–H and O–H groups in total. The number of alkyl halides is 3. The van der Waals surface area contributed by atoms with Crippen LogP contribution < -0.4 is 15.1 Å². The Morgan fingerprint density at radius 2 is 1.69 bits per heavy atom. The predicted octanol–water partition coefficient (Wildman–Crippen LogP) is 6.03. The molecule has 6 rings (SSSR count). The number of amides is 3. The molecule has 0 spiro atoms. The number of thiazole rings is 1. The highest BCUT2D eigenvalue weighted by Crippen LogP contribution is 2.54. The third kappa shape index (κ3) is 5.68. The summed E-state index contributed by atoms with van der Waals surface area (Å²) in [6.07, 6.45) is -4.62. The molecule has 230 valence electrons. The minimum atomic E-state index is -4.62. The number of anilines is 2. The van der Waals surface area contributed by atoms with Gasteiger partial charge in [-0.3, -0.25) is 33.9 Å². The molecule has 0 bridgehead atoms. The van der Waals surface area contributed by atoms with Crippen LogP contribution in [0.15, 0.2) is 87.1 Å². The third-order valence-corrected chi connectivity index (χ3v) is 10.5. The molecule has 1 fully saturated rings. The Labute approximate surface area is 268 Å². The smallest absolute Gasteiger partial charge is 0.325 e. The molecule has 2 unspecified atom stereocenters. The van der Waals surface area contributed by atoms with E-state index in [2.05, 4.69) is 21.2 Å². The first-order valence-electron chi connectivity index (χ1n) is 13.1. The van der Waals surface area contributed by atoms with E-state index in [9.17, 15) is 42.5 Å². The fourth-order valence-electron chi connectivity index (χ4n) is 5.38. The number of carbonyl (C=O) groups is 3. The Hall–Kier alpha value is -4.28. The minimum Gasteiger partial charge on any atom is -0.325 e. The second-order valence-corrected chi connectivity index (χ2v) is 13.2. The van der Waals surface area contributed by atoms with Crippen LogP contribution in [-0.2, 0) is 27.1 Å². The van der Waals surface area contributed by atoms with Gasteiger partial charge in [-0.05, 0) is 48.0 Å². The fraction of sp³-hybridized carbons (Fsp3) is 0.172. The summed E-state index contributed by atoms with van der Waals surface area (Å²) in [5.41, 5.74) is -0.481. The first-order chi connectivity index (χ1) is 21.3. The molecular formula is C29H18BrF3N4O6S2. The molecule has 4 aromatic rings. The molecule has 3 heterocycles. The van der Waals surface area contributed by atoms with E-state index in [0.29, 0.717) is 15.5 Å². The molecule has 1 aromatic heterocycles. The van der Waals surface area contributed by atoms with Gasteiger partial charge in [-0.15, -0.1) is 0 Å². The van der Waals surface area contributed by atoms with Gasteiger partial charge in [-0.1, -0.05) is 57.2 Å². The molecule has 10 nitrogen and oxygen atoms in total. The van der Waals surface area contributed by atoms with E-state index in [-0.39, 0.29) is 17.1 Å². The number of benzene rings is 3. The second kappa shape index (κ2) is 11.6. The lowest BCUT2D eigenvalue weighted by Gasteiger charge is -2.30. The van der Waals surface area contributed by atoms with Crippen LogP contribution in [0.2, 0.25) is 0 Å². The molecule has 16 heteroatoms. The van der Waals surface area contributed by atoms with E-state index in [0.717, 1.165) is 55.2 Å². The predicted molar refractivity (Wildman–Crippen MR) is 163 cm³/mol. The number of hydrogen-bond acceptors (Lipinski definition) is 8. The lowest BCUT2D eigenvalue weighted by atomic mass is 9.83. The Bertz CT molecular complexity index is 1930. The molecule has 3 aromatic carbocycles. The summed E-state index contributed by atoms with van der Waals surface area (Å²) in [7, 11) is 0. The monoisotopic (exact) mass is 718 g/mol. The summed E-state index contributed by atoms with van der Waals surface area (Å²) < 4.78 is 41.4. The molecule has 3 atom stereocenters. The average Bonchev–Trinajstić information content (AvgIpc) is 3.43. The van der Waals surface area contributed by atoms with Crippen LogP contribution in [0.5, 0.6) is 0 Å². The lowest BCUT2D eigenvalue weighted by Crippen LogP contribution is -2.33. The van der Waals surface area contributed by atoms with Gasteiger partial charge < -0.3 is 5.32 Å². The van der Waals surface area contributed by atoms with E-state index in [1.165, 1.54) is 30.3 Å². The fourth-order valence-corrected chi connectivity index (χ4v) is 8.42. The summed E-state index contributed by atoms with van der Waals surface area (Å²) in [6.45, 7) is -0.549. The number of carbonyl (C=O) groups excluding carboxylic acids is 3. The highest BCUT2D eigenvalue weighted by atomic mass is 79.9. The molecule has 2 aliphatic heterocycles. The maximum atomic E-state index is 13.9. The standard InChI is InChI=1S/C29H18BrF3N4O6S2/c30-16-6-4-14(5-7-16)21-22-23(26(40)36(25(22)39)18-8-10-19(11-9-18)37(42)43)44-27-24(21)45-28(41)35(27)13-20(38)34-17-3-1-2-15(12-17)29(31,32)33/h1-12,21-23H,13H2,(H,34,38)/t21-,22?,23?/m1/s1. The number of hydrogen-bond donors (Lipinski definition) is 1. The number of rotatable bonds is 6. The van der Waals surface area contributed by atoms with Crippen LogP contribution in [-0.4, -0.2) is 32.5 Å². The molecule has 0 radical (unpaired) electrons. The zero-order chi connectivity index (χ0) is 32.2. The van der Waals surface area contributed by atoms with E-state index in [1.54, 1.807) is 24.3 Å². The summed E-state index contributed by atoms with van der Waals surface area (Å²) in [5.74, 6) is -3.57. The number of nitrogens with one attached hydrogen (secondary N) is 1. The van der Waals surface area contributed by atoms with Crippen molar-refractivity contribution in [1.29, 1.82) is 0 Å². The SMILES string of the molecule is O=C(Cn1c2c(sc1=O)[C@H](c1ccc(Br)cc1)C1C(=O)N(c3ccc([N+](=O)[O-])cc3)C(=O)C1S2)Nc1cccc(C(F)(F)F)c1. The number of nitrogens with zero attached hydrogens (tertiary/aromatic N) is 3. The van der Waals surface area contributed by atoms with E-state index in [4.69, 9.17) is 0 Å². The van der Waals surface area contributed by atoms with Gasteiger partial charge in [0, 0.05) is 33.1 Å². The molecule has 0 saturated carbocycles. The van der Waals surface area contributed by atoms with Gasteiger partial charge in [0.05, 0.1) is 27.1 Å². The maximum absolute atomic E-state index is 13.9. The third-order valence-electron chi connectivity index (χ3n) is 7.37. The average molecular weight is 720 g/mol. The number of thioether (sulfide) groups is 1. The van der Waals surface area contributed by atoms with Gasteiger partial charge in [0.2, 0.25) is 17.7 Å². The van der Waals surface area contributed by atoms with Crippen molar-refractivity contribution < 1.29 is 32.5 Å². The van der Waals surface area contributed by atoms with Gasteiger partial charge in [-0.25, -0.2) is 4.90 Å². The first-order valence-corrected chi connectivity index (χ1v) is 15.6. The van der Waals surface area contributed by atoms with Crippen molar-refractivity contribution in [2.24, 2.45) is 5.92 Å². The quantitative estimate of drug-likeness (QED) is 0.146. The topological polar surface area (TPSA) is 132 Å². The van der Waals surface area contributed by atoms with Crippen molar-refractivity contribution in [3.8, 4) is 0 Å². The van der Waals surface area contributed by atoms with Crippen molar-refractivity contribution in [2.45, 2.75) is 28.9 Å². The van der Waals surface area contributed by atoms with E-state index in [1.807, 2.05) is 0 Å². The van der Waals surface area contributed by atoms with Crippen LogP contribution in [0, 0.1) is 16.0 Å². The number of nitro benzene ring substituents is 1. The maximum Gasteiger partial charge on any atom is 0.416 e. The first kappa shape index (κ1) is 30.7. The Morgan fingerprint density at radius 3 is 2.33 bits per heavy atom. The molecule has 0 aliphatic carbocycles. The van der Waals surface area contributed by atoms with Crippen LogP contribution in [0.4, 0.5) is 30.2 Å². The largest absolute Gasteiger partial charge is 0.416 e. The van der Waals surface area contributed by atoms with Crippen LogP contribution in [0.25, 0.3) is 0 Å². The van der Waals surface area contributed by atoms with Gasteiger partial charge in [0.15, 0.2) is 0 Å². The minimum absolute atomic E-state index is 0.109. The van der Waals surface area contributed by atoms with Gasteiger partial charge >= 0.3 is 11.0 Å². The van der Waals surface area contributed by atoms with Crippen molar-refractivity contribution in [1.82, 2.24) is 4.57 Å². The molecule has 1 saturated heterocycles. The van der Waals surface area contributed by atoms with E-state index < -0.39 is 62.9 Å². The summed E-state index contributed by atoms with van der Waals surface area (Å²) in [4.78, 5) is 65.4. The summed E-state index contributed by atoms with van der Waals surface area (Å²) in [6, 6.07) is 16.1. The Kier molecular flexibility index (Phi) is 7.91. The van der Waals surface area contributed by atoms with Crippen LogP contribution in [0.3, 0.4) is 0 Å². The van der Waals surface area contributed by atoms with Gasteiger partial charge in [0.25, 0.3) is 5.69 Å². The zero-order valence-corrected chi connectivity index (χ0v) is 25.7. The second-order valence-electron chi connectivity index (χ2n) is 10.1. The van der Waals surface area contributed by atoms with Crippen molar-refractivity contribution in [3.05, 3.63) is 113 Å². The highest BCUT2D eigenvalue weighted by molar-refractivity contribution is 9.10. The molecule has 3 amide bonds. The number of aromatic nitrogens is 1. The number of imide groups is 1. The van der Waals surface area contributed by atoms with Gasteiger partial charge in [-0.2, -0.15) is 13.2 Å². The van der Waals surface area contributed by atoms with Crippen molar-refractivity contribution in [2.75, 3.05) is 10.2 Å². The molecule has 45 heavy (non-hydrogen) atoms. The zero-order valence-electron chi connectivity index (χ0n) is 22.5. The summed E-state index contributed by atoms with van der Waals surface area (Å²) >= 11 is 5.17. The normalized spacial score (nSPS) is 19.3. The number of nitro groups is 1.